The summed E-state index contributed by atoms with van der Waals surface area (Å²) in [5.41, 5.74) is 2.41. The van der Waals surface area contributed by atoms with Crippen LogP contribution < -0.4 is 0 Å². The molecule has 0 spiro atoms. The van der Waals surface area contributed by atoms with Gasteiger partial charge in [0.05, 0.1) is 5.56 Å². The van der Waals surface area contributed by atoms with Gasteiger partial charge in [0.1, 0.15) is 16.3 Å². The highest BCUT2D eigenvalue weighted by atomic mass is 32.1. The molecule has 0 atom stereocenters. The van der Waals surface area contributed by atoms with Gasteiger partial charge in [0.25, 0.3) is 0 Å². The Morgan fingerprint density at radius 3 is 2.65 bits per heavy atom. The molecule has 4 heteroatoms. The van der Waals surface area contributed by atoms with Crippen LogP contribution in [-0.4, -0.2) is 9.97 Å². The fourth-order valence-electron chi connectivity index (χ4n) is 1.81. The first-order chi connectivity index (χ1) is 8.13. The van der Waals surface area contributed by atoms with E-state index in [2.05, 4.69) is 9.97 Å². The minimum atomic E-state index is -0.297. The molecule has 1 aromatic carbocycles. The molecule has 2 nitrogen and oxygen atoms in total. The molecule has 0 radical (unpaired) electrons. The van der Waals surface area contributed by atoms with Gasteiger partial charge in [-0.05, 0) is 25.5 Å². The van der Waals surface area contributed by atoms with E-state index < -0.39 is 0 Å². The lowest BCUT2D eigenvalue weighted by molar-refractivity contribution is 0.629. The third-order valence-electron chi connectivity index (χ3n) is 2.71. The molecular weight excluding hydrogens is 235 g/mol. The monoisotopic (exact) mass is 248 g/mol. The smallest absolute Gasteiger partial charge is 0.142 e. The quantitative estimate of drug-likeness (QED) is 0.818. The molecule has 1 heterocycles. The van der Waals surface area contributed by atoms with Crippen molar-refractivity contribution in [1.82, 2.24) is 9.97 Å². The van der Waals surface area contributed by atoms with Crippen LogP contribution in [0.25, 0.3) is 11.4 Å². The standard InChI is InChI=1S/C13H13FN2S/c1-3-9-8(2)15-12(16-13(9)17)10-6-4-5-7-11(10)14/h4-7H,3H2,1-2H3,(H,15,16,17). The fourth-order valence-corrected chi connectivity index (χ4v) is 2.20. The van der Waals surface area contributed by atoms with Crippen LogP contribution in [0, 0.1) is 17.4 Å². The van der Waals surface area contributed by atoms with Crippen molar-refractivity contribution in [3.05, 3.63) is 46.0 Å². The second-order valence-electron chi connectivity index (χ2n) is 3.83. The minimum Gasteiger partial charge on any atom is -0.343 e. The van der Waals surface area contributed by atoms with E-state index >= 15 is 0 Å². The second-order valence-corrected chi connectivity index (χ2v) is 4.21. The number of aromatic nitrogens is 2. The normalized spacial score (nSPS) is 10.5. The number of aryl methyl sites for hydroxylation is 1. The average Bonchev–Trinajstić information content (AvgIpc) is 2.29. The van der Waals surface area contributed by atoms with Crippen molar-refractivity contribution in [3.8, 4) is 11.4 Å². The highest BCUT2D eigenvalue weighted by Gasteiger charge is 2.09. The number of H-pyrrole nitrogens is 1. The first-order valence-electron chi connectivity index (χ1n) is 5.48. The third kappa shape index (κ3) is 2.26. The van der Waals surface area contributed by atoms with E-state index in [-0.39, 0.29) is 5.82 Å². The van der Waals surface area contributed by atoms with Crippen LogP contribution in [0.4, 0.5) is 4.39 Å². The van der Waals surface area contributed by atoms with Crippen LogP contribution in [0.2, 0.25) is 0 Å². The van der Waals surface area contributed by atoms with Gasteiger partial charge >= 0.3 is 0 Å². The Balaban J connectivity index is 2.63. The largest absolute Gasteiger partial charge is 0.343 e. The van der Waals surface area contributed by atoms with Crippen LogP contribution in [0.1, 0.15) is 18.2 Å². The maximum absolute atomic E-state index is 13.6. The minimum absolute atomic E-state index is 0.297. The van der Waals surface area contributed by atoms with Crippen molar-refractivity contribution in [2.45, 2.75) is 20.3 Å². The summed E-state index contributed by atoms with van der Waals surface area (Å²) in [5, 5.41) is 0. The molecule has 0 fully saturated rings. The van der Waals surface area contributed by atoms with E-state index in [9.17, 15) is 4.39 Å². The van der Waals surface area contributed by atoms with E-state index in [4.69, 9.17) is 12.2 Å². The summed E-state index contributed by atoms with van der Waals surface area (Å²) in [6.07, 6.45) is 0.825. The summed E-state index contributed by atoms with van der Waals surface area (Å²) in [7, 11) is 0. The second kappa shape index (κ2) is 4.75. The molecule has 0 aliphatic heterocycles. The summed E-state index contributed by atoms with van der Waals surface area (Å²) in [6.45, 7) is 3.96. The molecule has 0 bridgehead atoms. The summed E-state index contributed by atoms with van der Waals surface area (Å²) < 4.78 is 14.2. The van der Waals surface area contributed by atoms with Crippen molar-refractivity contribution in [2.24, 2.45) is 0 Å². The number of nitrogens with one attached hydrogen (secondary N) is 1. The van der Waals surface area contributed by atoms with Gasteiger partial charge in [-0.25, -0.2) is 9.37 Å². The average molecular weight is 248 g/mol. The van der Waals surface area contributed by atoms with Gasteiger partial charge in [0.15, 0.2) is 0 Å². The number of rotatable bonds is 2. The Hall–Kier alpha value is -1.55. The van der Waals surface area contributed by atoms with Gasteiger partial charge in [-0.3, -0.25) is 0 Å². The van der Waals surface area contributed by atoms with Crippen LogP contribution in [0.5, 0.6) is 0 Å². The van der Waals surface area contributed by atoms with E-state index in [0.29, 0.717) is 16.0 Å². The summed E-state index contributed by atoms with van der Waals surface area (Å²) in [4.78, 5) is 7.36. The fraction of sp³-hybridized carbons (Fsp3) is 0.231. The summed E-state index contributed by atoms with van der Waals surface area (Å²) in [6, 6.07) is 6.53. The van der Waals surface area contributed by atoms with Crippen LogP contribution in [0.15, 0.2) is 24.3 Å². The molecule has 0 aliphatic carbocycles. The zero-order chi connectivity index (χ0) is 12.4. The van der Waals surface area contributed by atoms with Gasteiger partial charge < -0.3 is 4.98 Å². The van der Waals surface area contributed by atoms with Crippen molar-refractivity contribution in [3.63, 3.8) is 0 Å². The first-order valence-corrected chi connectivity index (χ1v) is 5.89. The molecule has 0 amide bonds. The molecule has 2 rings (SSSR count). The number of nitrogens with zero attached hydrogens (tertiary/aromatic N) is 1. The molecule has 0 unspecified atom stereocenters. The molecule has 1 N–H and O–H groups in total. The van der Waals surface area contributed by atoms with Crippen LogP contribution >= 0.6 is 12.2 Å². The Morgan fingerprint density at radius 2 is 2.06 bits per heavy atom. The Morgan fingerprint density at radius 1 is 1.35 bits per heavy atom. The Kier molecular flexibility index (Phi) is 3.33. The zero-order valence-corrected chi connectivity index (χ0v) is 10.6. The van der Waals surface area contributed by atoms with Gasteiger partial charge in [0.2, 0.25) is 0 Å². The lowest BCUT2D eigenvalue weighted by Gasteiger charge is -2.08. The number of benzene rings is 1. The molecule has 0 saturated carbocycles. The van der Waals surface area contributed by atoms with Crippen molar-refractivity contribution < 1.29 is 4.39 Å². The Labute approximate surface area is 105 Å². The number of hydrogen-bond donors (Lipinski definition) is 1. The van der Waals surface area contributed by atoms with Crippen molar-refractivity contribution in [1.29, 1.82) is 0 Å². The van der Waals surface area contributed by atoms with E-state index in [1.165, 1.54) is 6.07 Å². The number of aromatic amines is 1. The first kappa shape index (κ1) is 11.9. The van der Waals surface area contributed by atoms with Crippen LogP contribution in [0.3, 0.4) is 0 Å². The van der Waals surface area contributed by atoms with Gasteiger partial charge in [-0.15, -0.1) is 0 Å². The molecule has 0 saturated heterocycles. The van der Waals surface area contributed by atoms with Gasteiger partial charge in [0, 0.05) is 11.3 Å². The van der Waals surface area contributed by atoms with E-state index in [1.54, 1.807) is 18.2 Å². The number of hydrogen-bond acceptors (Lipinski definition) is 2. The lowest BCUT2D eigenvalue weighted by atomic mass is 10.1. The summed E-state index contributed by atoms with van der Waals surface area (Å²) >= 11 is 5.22. The molecule has 1 aromatic heterocycles. The Bertz CT molecular complexity index is 605. The predicted octanol–water partition coefficient (Wildman–Crippen LogP) is 3.82. The van der Waals surface area contributed by atoms with E-state index in [0.717, 1.165) is 17.7 Å². The molecule has 17 heavy (non-hydrogen) atoms. The molecule has 0 aliphatic rings. The molecule has 88 valence electrons. The number of halogens is 1. The zero-order valence-electron chi connectivity index (χ0n) is 9.75. The topological polar surface area (TPSA) is 28.7 Å². The van der Waals surface area contributed by atoms with Gasteiger partial charge in [-0.2, -0.15) is 0 Å². The lowest BCUT2D eigenvalue weighted by Crippen LogP contribution is -2.00. The molecule has 2 aromatic rings. The van der Waals surface area contributed by atoms with E-state index in [1.807, 2.05) is 13.8 Å². The maximum atomic E-state index is 13.6. The van der Waals surface area contributed by atoms with Crippen molar-refractivity contribution >= 4 is 12.2 Å². The highest BCUT2D eigenvalue weighted by Crippen LogP contribution is 2.20. The summed E-state index contributed by atoms with van der Waals surface area (Å²) in [5.74, 6) is 0.192. The van der Waals surface area contributed by atoms with Crippen LogP contribution in [-0.2, 0) is 6.42 Å². The highest BCUT2D eigenvalue weighted by molar-refractivity contribution is 7.71. The maximum Gasteiger partial charge on any atom is 0.142 e. The molecular formula is C13H13FN2S. The third-order valence-corrected chi connectivity index (χ3v) is 3.05. The predicted molar refractivity (Wildman–Crippen MR) is 68.9 cm³/mol. The SMILES string of the molecule is CCc1c(C)[nH]c(-c2ccccc2F)nc1=S. The van der Waals surface area contributed by atoms with Crippen molar-refractivity contribution in [2.75, 3.05) is 0 Å². The van der Waals surface area contributed by atoms with Gasteiger partial charge in [-0.1, -0.05) is 31.3 Å².